The van der Waals surface area contributed by atoms with Crippen molar-refractivity contribution < 1.29 is 17.9 Å². The standard InChI is InChI=1S/C27H30N2O4S/c1-3-7-21-10-13-22(14-11-21)33-17-16-28-27(30)19-29-25-15-12-20(4-2)18-24(25)23-8-5-6-9-26(23)34(29,31)32/h5-6,8-15,18H,3-4,7,16-17,19H2,1-2H3,(H,28,30). The fraction of sp³-hybridized carbons (Fsp3) is 0.296. The molecule has 0 bridgehead atoms. The van der Waals surface area contributed by atoms with Crippen molar-refractivity contribution in [3.05, 3.63) is 77.9 Å². The average molecular weight is 479 g/mol. The molecular formula is C27H30N2O4S. The highest BCUT2D eigenvalue weighted by atomic mass is 32.2. The Morgan fingerprint density at radius 3 is 2.41 bits per heavy atom. The molecule has 1 heterocycles. The van der Waals surface area contributed by atoms with Gasteiger partial charge in [-0.2, -0.15) is 0 Å². The zero-order chi connectivity index (χ0) is 24.1. The lowest BCUT2D eigenvalue weighted by Crippen LogP contribution is -2.43. The van der Waals surface area contributed by atoms with Crippen molar-refractivity contribution in [2.24, 2.45) is 0 Å². The summed E-state index contributed by atoms with van der Waals surface area (Å²) in [6, 6.07) is 20.6. The normalized spacial score (nSPS) is 13.6. The molecule has 0 unspecified atom stereocenters. The predicted octanol–water partition coefficient (Wildman–Crippen LogP) is 4.57. The molecule has 1 N–H and O–H groups in total. The molecule has 0 aromatic heterocycles. The van der Waals surface area contributed by atoms with E-state index in [1.54, 1.807) is 18.2 Å². The molecule has 0 saturated carbocycles. The number of benzene rings is 3. The third-order valence-electron chi connectivity index (χ3n) is 5.93. The quantitative estimate of drug-likeness (QED) is 0.457. The van der Waals surface area contributed by atoms with E-state index in [-0.39, 0.29) is 23.9 Å². The summed E-state index contributed by atoms with van der Waals surface area (Å²) in [6.07, 6.45) is 2.96. The van der Waals surface area contributed by atoms with Crippen LogP contribution in [0.3, 0.4) is 0 Å². The lowest BCUT2D eigenvalue weighted by molar-refractivity contribution is -0.119. The number of hydrogen-bond acceptors (Lipinski definition) is 4. The van der Waals surface area contributed by atoms with E-state index in [2.05, 4.69) is 19.2 Å². The molecule has 0 saturated heterocycles. The number of rotatable bonds is 9. The smallest absolute Gasteiger partial charge is 0.265 e. The summed E-state index contributed by atoms with van der Waals surface area (Å²) >= 11 is 0. The molecule has 0 atom stereocenters. The maximum Gasteiger partial charge on any atom is 0.265 e. The Balaban J connectivity index is 1.43. The highest BCUT2D eigenvalue weighted by molar-refractivity contribution is 7.93. The predicted molar refractivity (Wildman–Crippen MR) is 135 cm³/mol. The molecule has 0 aliphatic carbocycles. The van der Waals surface area contributed by atoms with Gasteiger partial charge in [0, 0.05) is 11.1 Å². The van der Waals surface area contributed by atoms with E-state index in [1.165, 1.54) is 9.87 Å². The number of carbonyl (C=O) groups is 1. The lowest BCUT2D eigenvalue weighted by atomic mass is 9.99. The Hall–Kier alpha value is -3.32. The van der Waals surface area contributed by atoms with E-state index in [4.69, 9.17) is 4.74 Å². The van der Waals surface area contributed by atoms with Gasteiger partial charge in [0.15, 0.2) is 0 Å². The fourth-order valence-corrected chi connectivity index (χ4v) is 5.80. The van der Waals surface area contributed by atoms with Gasteiger partial charge in [-0.05, 0) is 54.3 Å². The maximum absolute atomic E-state index is 13.4. The van der Waals surface area contributed by atoms with Crippen molar-refractivity contribution in [3.8, 4) is 16.9 Å². The van der Waals surface area contributed by atoms with E-state index >= 15 is 0 Å². The number of ether oxygens (including phenoxy) is 1. The minimum Gasteiger partial charge on any atom is -0.492 e. The van der Waals surface area contributed by atoms with Crippen LogP contribution in [0.5, 0.6) is 5.75 Å². The Kier molecular flexibility index (Phi) is 7.22. The molecule has 0 spiro atoms. The fourth-order valence-electron chi connectivity index (χ4n) is 4.16. The molecule has 7 heteroatoms. The number of hydrogen-bond donors (Lipinski definition) is 1. The number of fused-ring (bicyclic) bond motifs is 3. The van der Waals surface area contributed by atoms with Crippen LogP contribution in [0.25, 0.3) is 11.1 Å². The van der Waals surface area contributed by atoms with Gasteiger partial charge in [0.1, 0.15) is 18.9 Å². The van der Waals surface area contributed by atoms with Gasteiger partial charge in [-0.15, -0.1) is 0 Å². The molecular weight excluding hydrogens is 448 g/mol. The monoisotopic (exact) mass is 478 g/mol. The molecule has 3 aromatic rings. The van der Waals surface area contributed by atoms with Gasteiger partial charge in [-0.1, -0.05) is 56.7 Å². The topological polar surface area (TPSA) is 75.7 Å². The Bertz CT molecular complexity index is 1270. The van der Waals surface area contributed by atoms with E-state index in [0.717, 1.165) is 36.1 Å². The van der Waals surface area contributed by atoms with Gasteiger partial charge in [-0.3, -0.25) is 9.10 Å². The third kappa shape index (κ3) is 4.94. The largest absolute Gasteiger partial charge is 0.492 e. The minimum absolute atomic E-state index is 0.221. The SMILES string of the molecule is CCCc1ccc(OCCNC(=O)CN2c3ccc(CC)cc3-c3ccccc3S2(=O)=O)cc1. The number of nitrogens with zero attached hydrogens (tertiary/aromatic N) is 1. The molecule has 4 rings (SSSR count). The molecule has 1 aliphatic heterocycles. The molecule has 0 radical (unpaired) electrons. The van der Waals surface area contributed by atoms with Crippen molar-refractivity contribution in [1.82, 2.24) is 5.32 Å². The highest BCUT2D eigenvalue weighted by Gasteiger charge is 2.35. The molecule has 3 aromatic carbocycles. The summed E-state index contributed by atoms with van der Waals surface area (Å²) < 4.78 is 33.6. The summed E-state index contributed by atoms with van der Waals surface area (Å²) in [7, 11) is -3.85. The number of sulfonamides is 1. The van der Waals surface area contributed by atoms with E-state index in [0.29, 0.717) is 17.9 Å². The van der Waals surface area contributed by atoms with E-state index in [1.807, 2.05) is 48.5 Å². The summed E-state index contributed by atoms with van der Waals surface area (Å²) in [6.45, 7) is 4.48. The van der Waals surface area contributed by atoms with Crippen molar-refractivity contribution in [2.45, 2.75) is 38.0 Å². The van der Waals surface area contributed by atoms with Gasteiger partial charge < -0.3 is 10.1 Å². The van der Waals surface area contributed by atoms with Gasteiger partial charge in [-0.25, -0.2) is 8.42 Å². The zero-order valence-corrected chi connectivity index (χ0v) is 20.4. The average Bonchev–Trinajstić information content (AvgIpc) is 2.85. The maximum atomic E-state index is 13.4. The van der Waals surface area contributed by atoms with E-state index in [9.17, 15) is 13.2 Å². The van der Waals surface area contributed by atoms with Crippen LogP contribution in [0.4, 0.5) is 5.69 Å². The van der Waals surface area contributed by atoms with Crippen LogP contribution < -0.4 is 14.4 Å². The first-order valence-corrected chi connectivity index (χ1v) is 13.1. The van der Waals surface area contributed by atoms with Crippen molar-refractivity contribution >= 4 is 21.6 Å². The van der Waals surface area contributed by atoms with Crippen molar-refractivity contribution in [3.63, 3.8) is 0 Å². The van der Waals surface area contributed by atoms with Gasteiger partial charge in [0.2, 0.25) is 5.91 Å². The van der Waals surface area contributed by atoms with Crippen molar-refractivity contribution in [2.75, 3.05) is 24.0 Å². The van der Waals surface area contributed by atoms with Gasteiger partial charge >= 0.3 is 0 Å². The van der Waals surface area contributed by atoms with E-state index < -0.39 is 10.0 Å². The first kappa shape index (κ1) is 23.8. The highest BCUT2D eigenvalue weighted by Crippen LogP contribution is 2.43. The van der Waals surface area contributed by atoms with Crippen LogP contribution in [-0.2, 0) is 27.7 Å². The van der Waals surface area contributed by atoms with Gasteiger partial charge in [0.25, 0.3) is 10.0 Å². The van der Waals surface area contributed by atoms with Gasteiger partial charge in [0.05, 0.1) is 17.1 Å². The van der Waals surface area contributed by atoms with Crippen LogP contribution in [0.2, 0.25) is 0 Å². The first-order valence-electron chi connectivity index (χ1n) is 11.7. The Morgan fingerprint density at radius 2 is 1.68 bits per heavy atom. The molecule has 6 nitrogen and oxygen atoms in total. The van der Waals surface area contributed by atoms with Crippen LogP contribution in [0.1, 0.15) is 31.4 Å². The van der Waals surface area contributed by atoms with Crippen LogP contribution in [0.15, 0.2) is 71.6 Å². The second-order valence-corrected chi connectivity index (χ2v) is 10.1. The Labute approximate surface area is 201 Å². The zero-order valence-electron chi connectivity index (χ0n) is 19.6. The Morgan fingerprint density at radius 1 is 0.941 bits per heavy atom. The second kappa shape index (κ2) is 10.3. The van der Waals surface area contributed by atoms with Crippen LogP contribution >= 0.6 is 0 Å². The molecule has 1 aliphatic rings. The summed E-state index contributed by atoms with van der Waals surface area (Å²) in [5.74, 6) is 0.361. The van der Waals surface area contributed by atoms with Crippen molar-refractivity contribution in [1.29, 1.82) is 0 Å². The molecule has 1 amide bonds. The third-order valence-corrected chi connectivity index (χ3v) is 7.74. The lowest BCUT2D eigenvalue weighted by Gasteiger charge is -2.32. The summed E-state index contributed by atoms with van der Waals surface area (Å²) in [5, 5.41) is 2.78. The first-order chi connectivity index (χ1) is 16.4. The van der Waals surface area contributed by atoms with Crippen LogP contribution in [0, 0.1) is 0 Å². The number of aryl methyl sites for hydroxylation is 2. The molecule has 178 valence electrons. The van der Waals surface area contributed by atoms with Crippen LogP contribution in [-0.4, -0.2) is 34.0 Å². The molecule has 0 fully saturated rings. The number of amides is 1. The second-order valence-electron chi connectivity index (χ2n) is 8.31. The number of carbonyl (C=O) groups excluding carboxylic acids is 1. The molecule has 34 heavy (non-hydrogen) atoms. The minimum atomic E-state index is -3.85. The number of anilines is 1. The number of nitrogens with one attached hydrogen (secondary N) is 1. The summed E-state index contributed by atoms with van der Waals surface area (Å²) in [5.41, 5.74) is 4.39. The summed E-state index contributed by atoms with van der Waals surface area (Å²) in [4.78, 5) is 12.9.